The molecule has 4 saturated carbocycles. The minimum Gasteiger partial charge on any atom is -0.444 e. The Hall–Kier alpha value is -3.41. The van der Waals surface area contributed by atoms with Crippen molar-refractivity contribution >= 4 is 17.9 Å². The maximum atomic E-state index is 12.5. The van der Waals surface area contributed by atoms with Crippen LogP contribution in [-0.4, -0.2) is 39.2 Å². The summed E-state index contributed by atoms with van der Waals surface area (Å²) in [5, 5.41) is 19.6. The molecule has 1 amide bonds. The first-order chi connectivity index (χ1) is 17.2. The van der Waals surface area contributed by atoms with E-state index in [1.165, 1.54) is 6.42 Å². The molecule has 3 N–H and O–H groups in total. The lowest BCUT2D eigenvalue weighted by atomic mass is 9.48. The van der Waals surface area contributed by atoms with Crippen molar-refractivity contribution in [3.63, 3.8) is 0 Å². The van der Waals surface area contributed by atoms with E-state index >= 15 is 0 Å². The molecule has 36 heavy (non-hydrogen) atoms. The Bertz CT molecular complexity index is 1130. The van der Waals surface area contributed by atoms with Crippen LogP contribution >= 0.6 is 0 Å². The summed E-state index contributed by atoms with van der Waals surface area (Å²) in [5.74, 6) is 2.66. The van der Waals surface area contributed by atoms with Gasteiger partial charge in [0.25, 0.3) is 0 Å². The van der Waals surface area contributed by atoms with Crippen LogP contribution in [0, 0.1) is 34.5 Å². The summed E-state index contributed by atoms with van der Waals surface area (Å²) >= 11 is 0. The molecule has 6 rings (SSSR count). The number of nitriles is 1. The van der Waals surface area contributed by atoms with E-state index in [-0.39, 0.29) is 17.6 Å². The molecule has 4 aliphatic carbocycles. The van der Waals surface area contributed by atoms with Crippen LogP contribution in [0.2, 0.25) is 0 Å². The predicted octanol–water partition coefficient (Wildman–Crippen LogP) is 4.49. The average molecular weight is 490 g/mol. The Labute approximate surface area is 212 Å². The topological polar surface area (TPSA) is 125 Å². The van der Waals surface area contributed by atoms with Crippen molar-refractivity contribution in [2.24, 2.45) is 23.2 Å². The molecule has 5 atom stereocenters. The SMILES string of the molecule is CC(C)(C)OC(=O)NC1[C@@H]2CC3C[C@H]1CC(CNc1nc(NCc4cccnc4)ncc1C#N)(C3)C2. The minimum atomic E-state index is -0.497. The van der Waals surface area contributed by atoms with Gasteiger partial charge < -0.3 is 20.7 Å². The van der Waals surface area contributed by atoms with Crippen LogP contribution in [-0.2, 0) is 11.3 Å². The van der Waals surface area contributed by atoms with E-state index in [1.54, 1.807) is 18.6 Å². The molecular weight excluding hydrogens is 454 g/mol. The van der Waals surface area contributed by atoms with E-state index in [9.17, 15) is 10.1 Å². The third-order valence-electron chi connectivity index (χ3n) is 7.80. The molecule has 9 nitrogen and oxygen atoms in total. The minimum absolute atomic E-state index is 0.156. The molecular formula is C27H35N7O2. The van der Waals surface area contributed by atoms with Crippen LogP contribution in [0.4, 0.5) is 16.6 Å². The molecule has 2 heterocycles. The summed E-state index contributed by atoms with van der Waals surface area (Å²) in [4.78, 5) is 25.5. The molecule has 0 aromatic carbocycles. The zero-order chi connectivity index (χ0) is 25.3. The highest BCUT2D eigenvalue weighted by molar-refractivity contribution is 5.68. The van der Waals surface area contributed by atoms with Gasteiger partial charge in [0, 0.05) is 31.5 Å². The van der Waals surface area contributed by atoms with Crippen LogP contribution in [0.15, 0.2) is 30.7 Å². The van der Waals surface area contributed by atoms with Gasteiger partial charge in [0.05, 0.1) is 6.20 Å². The summed E-state index contributed by atoms with van der Waals surface area (Å²) in [6.07, 6.45) is 10.4. The second-order valence-corrected chi connectivity index (χ2v) is 11.8. The molecule has 0 spiro atoms. The largest absolute Gasteiger partial charge is 0.444 e. The second-order valence-electron chi connectivity index (χ2n) is 11.8. The van der Waals surface area contributed by atoms with E-state index < -0.39 is 5.60 Å². The molecule has 9 heteroatoms. The number of anilines is 2. The van der Waals surface area contributed by atoms with Gasteiger partial charge >= 0.3 is 6.09 Å². The van der Waals surface area contributed by atoms with Crippen LogP contribution in [0.3, 0.4) is 0 Å². The van der Waals surface area contributed by atoms with E-state index in [0.29, 0.717) is 41.6 Å². The fourth-order valence-corrected chi connectivity index (χ4v) is 6.73. The van der Waals surface area contributed by atoms with Gasteiger partial charge in [-0.1, -0.05) is 6.07 Å². The standard InChI is InChI=1S/C27H35N7O2/c1-26(2,3)36-25(35)33-22-19-7-18-8-20(22)11-27(9-18,10-19)16-32-23-21(12-28)15-31-24(34-23)30-14-17-5-4-6-29-13-17/h4-6,13,15,18-20,22H,7-11,14,16H2,1-3H3,(H,33,35)(H2,30,31,32,34)/t18?,19-,20+,22?,27?. The van der Waals surface area contributed by atoms with Crippen LogP contribution in [0.25, 0.3) is 0 Å². The number of alkyl carbamates (subject to hydrolysis) is 1. The Kier molecular flexibility index (Phi) is 6.45. The van der Waals surface area contributed by atoms with Crippen molar-refractivity contribution in [2.45, 2.75) is 71.1 Å². The lowest BCUT2D eigenvalue weighted by molar-refractivity contribution is -0.0703. The first-order valence-electron chi connectivity index (χ1n) is 12.9. The lowest BCUT2D eigenvalue weighted by Crippen LogP contribution is -2.60. The van der Waals surface area contributed by atoms with Crippen LogP contribution in [0.5, 0.6) is 0 Å². The summed E-state index contributed by atoms with van der Waals surface area (Å²) in [6, 6.07) is 6.28. The van der Waals surface area contributed by atoms with Gasteiger partial charge in [-0.05, 0) is 87.7 Å². The number of carbonyl (C=O) groups is 1. The number of hydrogen-bond acceptors (Lipinski definition) is 8. The molecule has 0 saturated heterocycles. The molecule has 0 radical (unpaired) electrons. The summed E-state index contributed by atoms with van der Waals surface area (Å²) < 4.78 is 5.54. The Morgan fingerprint density at radius 3 is 2.64 bits per heavy atom. The van der Waals surface area contributed by atoms with Gasteiger partial charge in [-0.2, -0.15) is 10.2 Å². The van der Waals surface area contributed by atoms with Crippen molar-refractivity contribution < 1.29 is 9.53 Å². The number of carbonyl (C=O) groups excluding carboxylic acids is 1. The van der Waals surface area contributed by atoms with E-state index in [4.69, 9.17) is 4.74 Å². The molecule has 0 aliphatic heterocycles. The fraction of sp³-hybridized carbons (Fsp3) is 0.593. The first kappa shape index (κ1) is 24.3. The van der Waals surface area contributed by atoms with Gasteiger partial charge in [0.1, 0.15) is 23.1 Å². The molecule has 2 aromatic heterocycles. The number of ether oxygens (including phenoxy) is 1. The third-order valence-corrected chi connectivity index (χ3v) is 7.80. The number of nitrogens with zero attached hydrogens (tertiary/aromatic N) is 4. The van der Waals surface area contributed by atoms with Crippen molar-refractivity contribution in [1.29, 1.82) is 5.26 Å². The molecule has 4 bridgehead atoms. The van der Waals surface area contributed by atoms with Gasteiger partial charge in [-0.3, -0.25) is 4.98 Å². The molecule has 190 valence electrons. The lowest BCUT2D eigenvalue weighted by Gasteiger charge is -2.60. The number of nitrogens with one attached hydrogen (secondary N) is 3. The van der Waals surface area contributed by atoms with Gasteiger partial charge in [-0.25, -0.2) is 9.78 Å². The normalized spacial score (nSPS) is 28.3. The average Bonchev–Trinajstić information content (AvgIpc) is 2.83. The Morgan fingerprint density at radius 1 is 1.19 bits per heavy atom. The second kappa shape index (κ2) is 9.57. The van der Waals surface area contributed by atoms with Gasteiger partial charge in [0.2, 0.25) is 5.95 Å². The predicted molar refractivity (Wildman–Crippen MR) is 136 cm³/mol. The summed E-state index contributed by atoms with van der Waals surface area (Å²) in [6.45, 7) is 7.01. The van der Waals surface area contributed by atoms with Crippen molar-refractivity contribution in [3.05, 3.63) is 41.9 Å². The maximum absolute atomic E-state index is 12.5. The Morgan fingerprint density at radius 2 is 1.97 bits per heavy atom. The number of rotatable bonds is 7. The smallest absolute Gasteiger partial charge is 0.407 e. The molecule has 4 aliphatic rings. The number of amides is 1. The number of aromatic nitrogens is 3. The fourth-order valence-electron chi connectivity index (χ4n) is 6.73. The molecule has 2 aromatic rings. The summed E-state index contributed by atoms with van der Waals surface area (Å²) in [5.41, 5.74) is 1.13. The zero-order valence-corrected chi connectivity index (χ0v) is 21.3. The maximum Gasteiger partial charge on any atom is 0.407 e. The van der Waals surface area contributed by atoms with E-state index in [2.05, 4.69) is 37.0 Å². The molecule has 4 fully saturated rings. The van der Waals surface area contributed by atoms with Crippen molar-refractivity contribution in [1.82, 2.24) is 20.3 Å². The van der Waals surface area contributed by atoms with E-state index in [0.717, 1.165) is 37.8 Å². The van der Waals surface area contributed by atoms with Crippen LogP contribution in [0.1, 0.15) is 64.0 Å². The third kappa shape index (κ3) is 5.38. The first-order valence-corrected chi connectivity index (χ1v) is 12.9. The summed E-state index contributed by atoms with van der Waals surface area (Å²) in [7, 11) is 0. The van der Waals surface area contributed by atoms with Crippen molar-refractivity contribution in [2.75, 3.05) is 17.2 Å². The van der Waals surface area contributed by atoms with Gasteiger partial charge in [-0.15, -0.1) is 0 Å². The molecule has 3 unspecified atom stereocenters. The number of pyridine rings is 1. The van der Waals surface area contributed by atoms with Gasteiger partial charge in [0.15, 0.2) is 0 Å². The monoisotopic (exact) mass is 489 g/mol. The Balaban J connectivity index is 1.24. The highest BCUT2D eigenvalue weighted by Gasteiger charge is 2.55. The zero-order valence-electron chi connectivity index (χ0n) is 21.3. The van der Waals surface area contributed by atoms with Crippen molar-refractivity contribution in [3.8, 4) is 6.07 Å². The highest BCUT2D eigenvalue weighted by atomic mass is 16.6. The van der Waals surface area contributed by atoms with E-state index in [1.807, 2.05) is 32.9 Å². The highest BCUT2D eigenvalue weighted by Crippen LogP contribution is 2.60. The quantitative estimate of drug-likeness (QED) is 0.520. The van der Waals surface area contributed by atoms with Crippen LogP contribution < -0.4 is 16.0 Å². The number of hydrogen-bond donors (Lipinski definition) is 3.